The molecule has 2 nitrogen and oxygen atoms in total. The topological polar surface area (TPSA) is 26.3 Å². The van der Waals surface area contributed by atoms with Crippen molar-refractivity contribution in [3.8, 4) is 0 Å². The Labute approximate surface area is 79.0 Å². The van der Waals surface area contributed by atoms with Gasteiger partial charge >= 0.3 is 0 Å². The maximum absolute atomic E-state index is 11.8. The van der Waals surface area contributed by atoms with Gasteiger partial charge in [0.1, 0.15) is 5.78 Å². The van der Waals surface area contributed by atoms with E-state index in [-0.39, 0.29) is 23.5 Å². The zero-order valence-electron chi connectivity index (χ0n) is 8.63. The highest BCUT2D eigenvalue weighted by Crippen LogP contribution is 2.44. The van der Waals surface area contributed by atoms with Crippen LogP contribution in [0, 0.1) is 11.8 Å². The molecule has 0 N–H and O–H groups in total. The SMILES string of the molecule is CC1=C[C@@H]2O[C@@]1(C)[C@H](C)C(=O)[C@@H]2C. The van der Waals surface area contributed by atoms with Crippen molar-refractivity contribution >= 4 is 5.78 Å². The van der Waals surface area contributed by atoms with E-state index in [2.05, 4.69) is 13.0 Å². The fourth-order valence-corrected chi connectivity index (χ4v) is 2.34. The summed E-state index contributed by atoms with van der Waals surface area (Å²) in [7, 11) is 0. The van der Waals surface area contributed by atoms with Gasteiger partial charge in [-0.2, -0.15) is 0 Å². The van der Waals surface area contributed by atoms with Crippen LogP contribution in [0.25, 0.3) is 0 Å². The van der Waals surface area contributed by atoms with E-state index in [0.717, 1.165) is 0 Å². The lowest BCUT2D eigenvalue weighted by molar-refractivity contribution is -0.156. The average molecular weight is 180 g/mol. The number of ketones is 1. The monoisotopic (exact) mass is 180 g/mol. The van der Waals surface area contributed by atoms with Gasteiger partial charge in [-0.15, -0.1) is 0 Å². The summed E-state index contributed by atoms with van der Waals surface area (Å²) in [6.07, 6.45) is 2.13. The van der Waals surface area contributed by atoms with Crippen LogP contribution in [0.2, 0.25) is 0 Å². The predicted molar refractivity (Wildman–Crippen MR) is 50.4 cm³/mol. The van der Waals surface area contributed by atoms with Crippen molar-refractivity contribution in [2.45, 2.75) is 39.4 Å². The first-order chi connectivity index (χ1) is 5.97. The Morgan fingerprint density at radius 3 is 2.69 bits per heavy atom. The summed E-state index contributed by atoms with van der Waals surface area (Å²) in [5, 5.41) is 0. The van der Waals surface area contributed by atoms with E-state index in [0.29, 0.717) is 5.78 Å². The lowest BCUT2D eigenvalue weighted by Gasteiger charge is -2.39. The first kappa shape index (κ1) is 8.95. The summed E-state index contributed by atoms with van der Waals surface area (Å²) >= 11 is 0. The highest BCUT2D eigenvalue weighted by molar-refractivity contribution is 5.87. The van der Waals surface area contributed by atoms with Gasteiger partial charge in [0.05, 0.1) is 11.7 Å². The summed E-state index contributed by atoms with van der Waals surface area (Å²) in [5.74, 6) is 0.366. The summed E-state index contributed by atoms with van der Waals surface area (Å²) in [6, 6.07) is 0. The smallest absolute Gasteiger partial charge is 0.144 e. The molecule has 0 aromatic heterocycles. The van der Waals surface area contributed by atoms with Crippen molar-refractivity contribution < 1.29 is 9.53 Å². The van der Waals surface area contributed by atoms with E-state index in [4.69, 9.17) is 4.74 Å². The third-order valence-corrected chi connectivity index (χ3v) is 3.77. The van der Waals surface area contributed by atoms with Crippen molar-refractivity contribution in [1.29, 1.82) is 0 Å². The van der Waals surface area contributed by atoms with Crippen LogP contribution in [0.4, 0.5) is 0 Å². The molecule has 0 spiro atoms. The van der Waals surface area contributed by atoms with Crippen LogP contribution in [-0.4, -0.2) is 17.5 Å². The number of hydrogen-bond acceptors (Lipinski definition) is 2. The number of hydrogen-bond donors (Lipinski definition) is 0. The molecule has 1 fully saturated rings. The van der Waals surface area contributed by atoms with E-state index in [1.54, 1.807) is 0 Å². The first-order valence-corrected chi connectivity index (χ1v) is 4.87. The Morgan fingerprint density at radius 2 is 2.08 bits per heavy atom. The second-order valence-corrected chi connectivity index (χ2v) is 4.45. The van der Waals surface area contributed by atoms with Gasteiger partial charge in [-0.1, -0.05) is 19.9 Å². The Bertz CT molecular complexity index is 292. The summed E-state index contributed by atoms with van der Waals surface area (Å²) in [5.41, 5.74) is 0.886. The molecule has 13 heavy (non-hydrogen) atoms. The van der Waals surface area contributed by atoms with Gasteiger partial charge in [-0.05, 0) is 19.4 Å². The van der Waals surface area contributed by atoms with Gasteiger partial charge in [0.25, 0.3) is 0 Å². The summed E-state index contributed by atoms with van der Waals surface area (Å²) in [4.78, 5) is 11.8. The molecule has 0 aliphatic carbocycles. The molecule has 2 aliphatic rings. The van der Waals surface area contributed by atoms with Crippen LogP contribution in [0.3, 0.4) is 0 Å². The van der Waals surface area contributed by atoms with E-state index in [1.807, 2.05) is 20.8 Å². The van der Waals surface area contributed by atoms with Gasteiger partial charge in [0.2, 0.25) is 0 Å². The maximum atomic E-state index is 11.8. The Hall–Kier alpha value is -0.630. The quantitative estimate of drug-likeness (QED) is 0.532. The molecule has 72 valence electrons. The van der Waals surface area contributed by atoms with Crippen molar-refractivity contribution in [3.63, 3.8) is 0 Å². The van der Waals surface area contributed by atoms with Crippen molar-refractivity contribution in [2.24, 2.45) is 11.8 Å². The number of fused-ring (bicyclic) bond motifs is 2. The van der Waals surface area contributed by atoms with Crippen LogP contribution < -0.4 is 0 Å². The number of rotatable bonds is 0. The third-order valence-electron chi connectivity index (χ3n) is 3.77. The van der Waals surface area contributed by atoms with E-state index in [1.165, 1.54) is 5.57 Å². The molecule has 1 saturated heterocycles. The molecule has 0 saturated carbocycles. The minimum atomic E-state index is -0.325. The fourth-order valence-electron chi connectivity index (χ4n) is 2.34. The number of ether oxygens (including phenoxy) is 1. The van der Waals surface area contributed by atoms with E-state index in [9.17, 15) is 4.79 Å². The molecule has 2 bridgehead atoms. The number of carbonyl (C=O) groups is 1. The summed E-state index contributed by atoms with van der Waals surface area (Å²) < 4.78 is 5.88. The molecule has 0 amide bonds. The molecule has 0 aromatic carbocycles. The zero-order chi connectivity index (χ0) is 9.80. The third kappa shape index (κ3) is 0.953. The molecule has 2 rings (SSSR count). The van der Waals surface area contributed by atoms with Gasteiger partial charge in [0, 0.05) is 11.8 Å². The molecular formula is C11H16O2. The van der Waals surface area contributed by atoms with Crippen LogP contribution in [0.15, 0.2) is 11.6 Å². The molecule has 2 aliphatic heterocycles. The number of carbonyl (C=O) groups excluding carboxylic acids is 1. The second-order valence-electron chi connectivity index (χ2n) is 4.45. The molecular weight excluding hydrogens is 164 g/mol. The number of Topliss-reactive ketones (excluding diaryl/α,β-unsaturated/α-hetero) is 1. The van der Waals surface area contributed by atoms with Crippen molar-refractivity contribution in [1.82, 2.24) is 0 Å². The molecule has 0 aromatic rings. The van der Waals surface area contributed by atoms with Crippen molar-refractivity contribution in [2.75, 3.05) is 0 Å². The molecule has 2 heteroatoms. The van der Waals surface area contributed by atoms with Crippen LogP contribution in [0.1, 0.15) is 27.7 Å². The van der Waals surface area contributed by atoms with Gasteiger partial charge in [-0.25, -0.2) is 0 Å². The normalized spacial score (nSPS) is 49.4. The highest BCUT2D eigenvalue weighted by atomic mass is 16.5. The Kier molecular flexibility index (Phi) is 1.68. The first-order valence-electron chi connectivity index (χ1n) is 4.87. The van der Waals surface area contributed by atoms with Crippen LogP contribution in [-0.2, 0) is 9.53 Å². The van der Waals surface area contributed by atoms with Crippen LogP contribution in [0.5, 0.6) is 0 Å². The van der Waals surface area contributed by atoms with Gasteiger partial charge < -0.3 is 4.74 Å². The van der Waals surface area contributed by atoms with Crippen molar-refractivity contribution in [3.05, 3.63) is 11.6 Å². The second kappa shape index (κ2) is 2.44. The average Bonchev–Trinajstić information content (AvgIpc) is 2.37. The zero-order valence-corrected chi connectivity index (χ0v) is 8.63. The lowest BCUT2D eigenvalue weighted by Crippen LogP contribution is -2.49. The predicted octanol–water partition coefficient (Wildman–Crippen LogP) is 1.95. The summed E-state index contributed by atoms with van der Waals surface area (Å²) in [6.45, 7) is 8.00. The van der Waals surface area contributed by atoms with Gasteiger partial charge in [0.15, 0.2) is 0 Å². The highest BCUT2D eigenvalue weighted by Gasteiger charge is 2.51. The minimum absolute atomic E-state index is 0.00231. The molecule has 0 radical (unpaired) electrons. The standard InChI is InChI=1S/C11H16O2/c1-6-5-9-7(2)10(12)8(3)11(6,4)13-9/h5,7-9H,1-4H3/t7-,8-,9+,11-/m1/s1. The maximum Gasteiger partial charge on any atom is 0.144 e. The Morgan fingerprint density at radius 1 is 1.46 bits per heavy atom. The molecule has 2 heterocycles. The minimum Gasteiger partial charge on any atom is -0.362 e. The largest absolute Gasteiger partial charge is 0.362 e. The van der Waals surface area contributed by atoms with Crippen LogP contribution >= 0.6 is 0 Å². The van der Waals surface area contributed by atoms with E-state index >= 15 is 0 Å². The lowest BCUT2D eigenvalue weighted by atomic mass is 9.78. The molecule has 0 unspecified atom stereocenters. The molecule has 4 atom stereocenters. The fraction of sp³-hybridized carbons (Fsp3) is 0.727. The Balaban J connectivity index is 2.44. The van der Waals surface area contributed by atoms with Gasteiger partial charge in [-0.3, -0.25) is 4.79 Å². The van der Waals surface area contributed by atoms with E-state index < -0.39 is 0 Å².